The van der Waals surface area contributed by atoms with Crippen LogP contribution in [0.15, 0.2) is 6.07 Å². The van der Waals surface area contributed by atoms with Gasteiger partial charge in [-0.2, -0.15) is 5.10 Å². The van der Waals surface area contributed by atoms with Gasteiger partial charge < -0.3 is 5.73 Å². The molecule has 1 aliphatic rings. The van der Waals surface area contributed by atoms with Gasteiger partial charge in [-0.15, -0.1) is 0 Å². The Morgan fingerprint density at radius 2 is 2.33 bits per heavy atom. The van der Waals surface area contributed by atoms with E-state index in [0.717, 1.165) is 18.4 Å². The molecule has 0 aromatic carbocycles. The molecule has 0 saturated heterocycles. The summed E-state index contributed by atoms with van der Waals surface area (Å²) >= 11 is 0. The van der Waals surface area contributed by atoms with Gasteiger partial charge in [0, 0.05) is 18.3 Å². The summed E-state index contributed by atoms with van der Waals surface area (Å²) in [5.74, 6) is 2.33. The highest BCUT2D eigenvalue weighted by atomic mass is 15.3. The molecular weight excluding hydrogens is 186 g/mol. The van der Waals surface area contributed by atoms with Crippen molar-refractivity contribution in [1.29, 1.82) is 0 Å². The molecule has 1 aromatic heterocycles. The maximum absolute atomic E-state index is 5.68. The molecule has 2 atom stereocenters. The second-order valence-corrected chi connectivity index (χ2v) is 5.03. The Labute approximate surface area is 91.7 Å². The van der Waals surface area contributed by atoms with Crippen LogP contribution in [0.4, 0.5) is 5.82 Å². The molecule has 0 amide bonds. The average molecular weight is 207 g/mol. The molecule has 1 heterocycles. The lowest BCUT2D eigenvalue weighted by Crippen LogP contribution is -2.19. The quantitative estimate of drug-likeness (QED) is 0.810. The number of aryl methyl sites for hydroxylation is 1. The normalized spacial score (nSPS) is 26.8. The lowest BCUT2D eigenvalue weighted by atomic mass is 9.82. The standard InChI is InChI=1S/C12H21N3/c1-9-4-3-5-11(6-9)8-15-10(2)7-12(13)14-15/h7,9,11H,3-6,8H2,1-2H3,(H2,13,14). The zero-order valence-corrected chi connectivity index (χ0v) is 9.74. The molecule has 1 aromatic rings. The summed E-state index contributed by atoms with van der Waals surface area (Å²) in [4.78, 5) is 0. The number of anilines is 1. The molecule has 0 spiro atoms. The van der Waals surface area contributed by atoms with Crippen molar-refractivity contribution in [2.45, 2.75) is 46.1 Å². The number of hydrogen-bond acceptors (Lipinski definition) is 2. The van der Waals surface area contributed by atoms with E-state index in [2.05, 4.69) is 23.6 Å². The Morgan fingerprint density at radius 3 is 2.93 bits per heavy atom. The highest BCUT2D eigenvalue weighted by Gasteiger charge is 2.19. The fourth-order valence-corrected chi connectivity index (χ4v) is 2.69. The van der Waals surface area contributed by atoms with Crippen molar-refractivity contribution in [1.82, 2.24) is 9.78 Å². The topological polar surface area (TPSA) is 43.8 Å². The molecule has 3 heteroatoms. The van der Waals surface area contributed by atoms with Crippen molar-refractivity contribution in [2.24, 2.45) is 11.8 Å². The van der Waals surface area contributed by atoms with E-state index < -0.39 is 0 Å². The number of nitrogens with zero attached hydrogens (tertiary/aromatic N) is 2. The highest BCUT2D eigenvalue weighted by Crippen LogP contribution is 2.29. The second-order valence-electron chi connectivity index (χ2n) is 5.03. The van der Waals surface area contributed by atoms with Crippen LogP contribution in [0.1, 0.15) is 38.3 Å². The maximum Gasteiger partial charge on any atom is 0.145 e. The number of rotatable bonds is 2. The molecule has 2 rings (SSSR count). The number of hydrogen-bond donors (Lipinski definition) is 1. The van der Waals surface area contributed by atoms with E-state index in [9.17, 15) is 0 Å². The molecule has 3 nitrogen and oxygen atoms in total. The van der Waals surface area contributed by atoms with E-state index in [1.807, 2.05) is 6.07 Å². The number of nitrogens with two attached hydrogens (primary N) is 1. The Balaban J connectivity index is 1.99. The molecule has 15 heavy (non-hydrogen) atoms. The fraction of sp³-hybridized carbons (Fsp3) is 0.750. The van der Waals surface area contributed by atoms with Crippen LogP contribution in [-0.4, -0.2) is 9.78 Å². The predicted molar refractivity (Wildman–Crippen MR) is 62.5 cm³/mol. The van der Waals surface area contributed by atoms with Crippen molar-refractivity contribution in [3.63, 3.8) is 0 Å². The summed E-state index contributed by atoms with van der Waals surface area (Å²) in [5.41, 5.74) is 6.87. The molecule has 1 saturated carbocycles. The summed E-state index contributed by atoms with van der Waals surface area (Å²) in [7, 11) is 0. The fourth-order valence-electron chi connectivity index (χ4n) is 2.69. The summed E-state index contributed by atoms with van der Waals surface area (Å²) in [6.45, 7) is 5.49. The van der Waals surface area contributed by atoms with Crippen LogP contribution in [-0.2, 0) is 6.54 Å². The van der Waals surface area contributed by atoms with E-state index >= 15 is 0 Å². The molecule has 84 valence electrons. The summed E-state index contributed by atoms with van der Waals surface area (Å²) in [5, 5.41) is 4.32. The third-order valence-corrected chi connectivity index (χ3v) is 3.48. The van der Waals surface area contributed by atoms with Gasteiger partial charge in [0.1, 0.15) is 5.82 Å². The van der Waals surface area contributed by atoms with Gasteiger partial charge >= 0.3 is 0 Å². The van der Waals surface area contributed by atoms with E-state index in [1.165, 1.54) is 31.4 Å². The van der Waals surface area contributed by atoms with Gasteiger partial charge in [0.05, 0.1) is 0 Å². The summed E-state index contributed by atoms with van der Waals surface area (Å²) in [6.07, 6.45) is 5.47. The number of aromatic nitrogens is 2. The van der Waals surface area contributed by atoms with E-state index in [-0.39, 0.29) is 0 Å². The maximum atomic E-state index is 5.68. The Kier molecular flexibility index (Phi) is 2.98. The SMILES string of the molecule is Cc1cc(N)nn1CC1CCCC(C)C1. The van der Waals surface area contributed by atoms with Crippen LogP contribution in [0, 0.1) is 18.8 Å². The van der Waals surface area contributed by atoms with Crippen LogP contribution in [0.5, 0.6) is 0 Å². The Morgan fingerprint density at radius 1 is 1.53 bits per heavy atom. The van der Waals surface area contributed by atoms with Gasteiger partial charge in [0.25, 0.3) is 0 Å². The minimum absolute atomic E-state index is 0.649. The molecule has 0 aliphatic heterocycles. The van der Waals surface area contributed by atoms with Gasteiger partial charge in [0.2, 0.25) is 0 Å². The lowest BCUT2D eigenvalue weighted by molar-refractivity contribution is 0.249. The lowest BCUT2D eigenvalue weighted by Gasteiger charge is -2.26. The average Bonchev–Trinajstić information content (AvgIpc) is 2.45. The molecule has 2 unspecified atom stereocenters. The minimum atomic E-state index is 0.649. The van der Waals surface area contributed by atoms with Crippen LogP contribution >= 0.6 is 0 Å². The third kappa shape index (κ3) is 2.52. The molecule has 0 bridgehead atoms. The van der Waals surface area contributed by atoms with Gasteiger partial charge in [-0.3, -0.25) is 4.68 Å². The first-order chi connectivity index (χ1) is 7.15. The molecular formula is C12H21N3. The van der Waals surface area contributed by atoms with Gasteiger partial charge in [-0.1, -0.05) is 19.8 Å². The first kappa shape index (κ1) is 10.5. The van der Waals surface area contributed by atoms with E-state index in [1.54, 1.807) is 0 Å². The van der Waals surface area contributed by atoms with Crippen molar-refractivity contribution in [2.75, 3.05) is 5.73 Å². The zero-order valence-electron chi connectivity index (χ0n) is 9.74. The van der Waals surface area contributed by atoms with Crippen molar-refractivity contribution in [3.8, 4) is 0 Å². The van der Waals surface area contributed by atoms with Crippen LogP contribution in [0.3, 0.4) is 0 Å². The molecule has 0 radical (unpaired) electrons. The second kappa shape index (κ2) is 4.25. The van der Waals surface area contributed by atoms with Crippen molar-refractivity contribution < 1.29 is 0 Å². The van der Waals surface area contributed by atoms with Crippen LogP contribution in [0.25, 0.3) is 0 Å². The summed E-state index contributed by atoms with van der Waals surface area (Å²) < 4.78 is 2.07. The van der Waals surface area contributed by atoms with E-state index in [4.69, 9.17) is 5.73 Å². The first-order valence-corrected chi connectivity index (χ1v) is 5.95. The highest BCUT2D eigenvalue weighted by molar-refractivity contribution is 5.28. The predicted octanol–water partition coefficient (Wildman–Crippen LogP) is 2.60. The van der Waals surface area contributed by atoms with Crippen molar-refractivity contribution in [3.05, 3.63) is 11.8 Å². The van der Waals surface area contributed by atoms with Gasteiger partial charge in [-0.25, -0.2) is 0 Å². The minimum Gasteiger partial charge on any atom is -0.382 e. The largest absolute Gasteiger partial charge is 0.382 e. The summed E-state index contributed by atoms with van der Waals surface area (Å²) in [6, 6.07) is 1.95. The Bertz CT molecular complexity index is 330. The van der Waals surface area contributed by atoms with E-state index in [0.29, 0.717) is 5.82 Å². The van der Waals surface area contributed by atoms with Gasteiger partial charge in [0.15, 0.2) is 0 Å². The van der Waals surface area contributed by atoms with Crippen molar-refractivity contribution >= 4 is 5.82 Å². The Hall–Kier alpha value is -0.990. The van der Waals surface area contributed by atoms with Gasteiger partial charge in [-0.05, 0) is 31.6 Å². The zero-order chi connectivity index (χ0) is 10.8. The van der Waals surface area contributed by atoms with Crippen LogP contribution < -0.4 is 5.73 Å². The smallest absolute Gasteiger partial charge is 0.145 e. The molecule has 1 fully saturated rings. The monoisotopic (exact) mass is 207 g/mol. The van der Waals surface area contributed by atoms with Crippen LogP contribution in [0.2, 0.25) is 0 Å². The number of nitrogen functional groups attached to an aromatic ring is 1. The first-order valence-electron chi connectivity index (χ1n) is 5.95. The molecule has 2 N–H and O–H groups in total. The molecule has 1 aliphatic carbocycles. The third-order valence-electron chi connectivity index (χ3n) is 3.48.